The molecule has 0 fully saturated rings. The summed E-state index contributed by atoms with van der Waals surface area (Å²) in [6.45, 7) is 2.49. The van der Waals surface area contributed by atoms with Gasteiger partial charge < -0.3 is 4.74 Å². The van der Waals surface area contributed by atoms with Crippen molar-refractivity contribution in [1.29, 1.82) is 0 Å². The molecule has 0 amide bonds. The first-order valence-corrected chi connectivity index (χ1v) is 12.2. The van der Waals surface area contributed by atoms with Gasteiger partial charge in [-0.1, -0.05) is 103 Å². The van der Waals surface area contributed by atoms with E-state index in [1.54, 1.807) is 0 Å². The number of rotatable bonds is 19. The van der Waals surface area contributed by atoms with Crippen LogP contribution in [0.2, 0.25) is 0 Å². The fourth-order valence-corrected chi connectivity index (χ4v) is 3.41. The number of esters is 1. The van der Waals surface area contributed by atoms with E-state index in [4.69, 9.17) is 9.29 Å². The lowest BCUT2D eigenvalue weighted by molar-refractivity contribution is -0.140. The molecule has 26 heavy (non-hydrogen) atoms. The highest BCUT2D eigenvalue weighted by Crippen LogP contribution is 2.13. The fraction of sp³-hybridized carbons (Fsp3) is 0.950. The van der Waals surface area contributed by atoms with E-state index >= 15 is 0 Å². The molecule has 0 spiro atoms. The van der Waals surface area contributed by atoms with E-state index in [1.807, 2.05) is 0 Å². The molecule has 0 radical (unpaired) electrons. The summed E-state index contributed by atoms with van der Waals surface area (Å²) >= 11 is 0. The second-order valence-electron chi connectivity index (χ2n) is 7.25. The Morgan fingerprint density at radius 3 is 1.38 bits per heavy atom. The summed E-state index contributed by atoms with van der Waals surface area (Å²) < 4.78 is 34.2. The van der Waals surface area contributed by atoms with Crippen molar-refractivity contribution in [3.05, 3.63) is 0 Å². The number of carbonyl (C=O) groups is 1. The standard InChI is InChI=1S/C20H40O5S/c1-2-3-4-5-6-7-8-9-10-11-12-13-14-15-16-17-18-25-20(21)19-26(22,23)24/h2-19H2,1H3,(H,22,23,24). The molecule has 0 saturated heterocycles. The van der Waals surface area contributed by atoms with Crippen molar-refractivity contribution in [3.8, 4) is 0 Å². The van der Waals surface area contributed by atoms with Crippen LogP contribution in [0.3, 0.4) is 0 Å². The Kier molecular flexibility index (Phi) is 17.4. The lowest BCUT2D eigenvalue weighted by atomic mass is 10.0. The molecular weight excluding hydrogens is 352 g/mol. The van der Waals surface area contributed by atoms with E-state index in [9.17, 15) is 13.2 Å². The maximum atomic E-state index is 11.1. The molecule has 0 aliphatic carbocycles. The highest BCUT2D eigenvalue weighted by Gasteiger charge is 2.13. The minimum absolute atomic E-state index is 0.229. The summed E-state index contributed by atoms with van der Waals surface area (Å²) in [4.78, 5) is 11.1. The van der Waals surface area contributed by atoms with Crippen molar-refractivity contribution in [2.24, 2.45) is 0 Å². The van der Waals surface area contributed by atoms with Crippen molar-refractivity contribution in [3.63, 3.8) is 0 Å². The topological polar surface area (TPSA) is 80.7 Å². The van der Waals surface area contributed by atoms with Crippen LogP contribution in [-0.4, -0.2) is 31.3 Å². The van der Waals surface area contributed by atoms with Crippen molar-refractivity contribution < 1.29 is 22.5 Å². The third-order valence-electron chi connectivity index (χ3n) is 4.56. The lowest BCUT2D eigenvalue weighted by Gasteiger charge is -2.04. The summed E-state index contributed by atoms with van der Waals surface area (Å²) in [7, 11) is -4.27. The maximum Gasteiger partial charge on any atom is 0.323 e. The highest BCUT2D eigenvalue weighted by atomic mass is 32.2. The maximum absolute atomic E-state index is 11.1. The molecule has 0 rings (SSSR count). The summed E-state index contributed by atoms with van der Waals surface area (Å²) in [5, 5.41) is 0. The van der Waals surface area contributed by atoms with E-state index in [2.05, 4.69) is 6.92 Å². The number of carbonyl (C=O) groups excluding carboxylic acids is 1. The molecule has 0 aromatic heterocycles. The molecule has 6 heteroatoms. The lowest BCUT2D eigenvalue weighted by Crippen LogP contribution is -2.18. The number of unbranched alkanes of at least 4 members (excludes halogenated alkanes) is 15. The molecule has 5 nitrogen and oxygen atoms in total. The molecule has 0 atom stereocenters. The molecule has 0 unspecified atom stereocenters. The zero-order chi connectivity index (χ0) is 19.5. The van der Waals surface area contributed by atoms with Gasteiger partial charge in [-0.05, 0) is 6.42 Å². The Morgan fingerprint density at radius 2 is 1.04 bits per heavy atom. The summed E-state index contributed by atoms with van der Waals surface area (Å²) in [5.41, 5.74) is 0. The van der Waals surface area contributed by atoms with Gasteiger partial charge in [0.05, 0.1) is 6.61 Å². The Morgan fingerprint density at radius 1 is 0.692 bits per heavy atom. The molecule has 0 saturated carbocycles. The van der Waals surface area contributed by atoms with Crippen LogP contribution in [0, 0.1) is 0 Å². The molecule has 156 valence electrons. The van der Waals surface area contributed by atoms with Crippen LogP contribution in [-0.2, 0) is 19.6 Å². The number of hydrogen-bond donors (Lipinski definition) is 1. The van der Waals surface area contributed by atoms with Crippen molar-refractivity contribution in [1.82, 2.24) is 0 Å². The normalized spacial score (nSPS) is 11.6. The van der Waals surface area contributed by atoms with Crippen LogP contribution in [0.4, 0.5) is 0 Å². The van der Waals surface area contributed by atoms with E-state index in [0.717, 1.165) is 19.3 Å². The highest BCUT2D eigenvalue weighted by molar-refractivity contribution is 7.86. The average molecular weight is 393 g/mol. The van der Waals surface area contributed by atoms with Crippen molar-refractivity contribution in [2.45, 2.75) is 110 Å². The molecule has 1 N–H and O–H groups in total. The molecule has 0 aliphatic heterocycles. The van der Waals surface area contributed by atoms with Gasteiger partial charge in [0.2, 0.25) is 0 Å². The first kappa shape index (κ1) is 25.4. The monoisotopic (exact) mass is 392 g/mol. The smallest absolute Gasteiger partial charge is 0.323 e. The zero-order valence-corrected chi connectivity index (χ0v) is 17.5. The quantitative estimate of drug-likeness (QED) is 0.174. The van der Waals surface area contributed by atoms with E-state index in [-0.39, 0.29) is 6.61 Å². The zero-order valence-electron chi connectivity index (χ0n) is 16.7. The van der Waals surface area contributed by atoms with Gasteiger partial charge in [0.1, 0.15) is 0 Å². The molecule has 0 heterocycles. The van der Waals surface area contributed by atoms with Gasteiger partial charge in [0.25, 0.3) is 10.1 Å². The van der Waals surface area contributed by atoms with E-state index in [0.29, 0.717) is 0 Å². The van der Waals surface area contributed by atoms with Crippen LogP contribution >= 0.6 is 0 Å². The van der Waals surface area contributed by atoms with Gasteiger partial charge in [-0.3, -0.25) is 9.35 Å². The summed E-state index contributed by atoms with van der Waals surface area (Å²) in [5.74, 6) is -1.83. The van der Waals surface area contributed by atoms with E-state index < -0.39 is 21.8 Å². The molecular formula is C20H40O5S. The molecule has 0 aliphatic rings. The Labute approximate surface area is 161 Å². The number of hydrogen-bond acceptors (Lipinski definition) is 4. The Hall–Kier alpha value is -0.620. The Balaban J connectivity index is 3.15. The predicted octanol–water partition coefficient (Wildman–Crippen LogP) is 5.68. The molecule has 0 aromatic carbocycles. The largest absolute Gasteiger partial charge is 0.465 e. The van der Waals surface area contributed by atoms with Crippen LogP contribution in [0.15, 0.2) is 0 Å². The number of ether oxygens (including phenoxy) is 1. The summed E-state index contributed by atoms with van der Waals surface area (Å²) in [6, 6.07) is 0. The van der Waals surface area contributed by atoms with Crippen LogP contribution in [0.25, 0.3) is 0 Å². The molecule has 0 aromatic rings. The second-order valence-corrected chi connectivity index (χ2v) is 8.70. The fourth-order valence-electron chi connectivity index (χ4n) is 3.03. The predicted molar refractivity (Wildman–Crippen MR) is 107 cm³/mol. The average Bonchev–Trinajstić information content (AvgIpc) is 2.56. The first-order valence-electron chi connectivity index (χ1n) is 10.6. The molecule has 0 bridgehead atoms. The van der Waals surface area contributed by atoms with Gasteiger partial charge in [0.15, 0.2) is 5.75 Å². The van der Waals surface area contributed by atoms with Crippen LogP contribution < -0.4 is 0 Å². The van der Waals surface area contributed by atoms with Gasteiger partial charge in [-0.15, -0.1) is 0 Å². The van der Waals surface area contributed by atoms with Crippen LogP contribution in [0.1, 0.15) is 110 Å². The first-order chi connectivity index (χ1) is 12.5. The van der Waals surface area contributed by atoms with Gasteiger partial charge in [0, 0.05) is 0 Å². The summed E-state index contributed by atoms with van der Waals surface area (Å²) in [6.07, 6.45) is 20.4. The Bertz CT molecular complexity index is 420. The van der Waals surface area contributed by atoms with Gasteiger partial charge >= 0.3 is 5.97 Å². The van der Waals surface area contributed by atoms with Gasteiger partial charge in [-0.2, -0.15) is 8.42 Å². The third-order valence-corrected chi connectivity index (χ3v) is 5.16. The minimum Gasteiger partial charge on any atom is -0.465 e. The van der Waals surface area contributed by atoms with E-state index in [1.165, 1.54) is 83.5 Å². The van der Waals surface area contributed by atoms with Crippen LogP contribution in [0.5, 0.6) is 0 Å². The third kappa shape index (κ3) is 21.4. The van der Waals surface area contributed by atoms with Crippen molar-refractivity contribution in [2.75, 3.05) is 12.4 Å². The van der Waals surface area contributed by atoms with Gasteiger partial charge in [-0.25, -0.2) is 0 Å². The SMILES string of the molecule is CCCCCCCCCCCCCCCCCCOC(=O)CS(=O)(=O)O. The second kappa shape index (κ2) is 17.8. The van der Waals surface area contributed by atoms with Crippen molar-refractivity contribution >= 4 is 16.1 Å². The minimum atomic E-state index is -4.27.